The molecule has 68 valence electrons. The van der Waals surface area contributed by atoms with Crippen LogP contribution in [0.15, 0.2) is 0 Å². The van der Waals surface area contributed by atoms with E-state index in [1.165, 1.54) is 0 Å². The van der Waals surface area contributed by atoms with Crippen LogP contribution in [0.5, 0.6) is 0 Å². The summed E-state index contributed by atoms with van der Waals surface area (Å²) in [6.45, 7) is 4.35. The van der Waals surface area contributed by atoms with E-state index in [-0.39, 0.29) is 18.7 Å². The summed E-state index contributed by atoms with van der Waals surface area (Å²) in [5.41, 5.74) is 5.66. The van der Waals surface area contributed by atoms with Gasteiger partial charge >= 0.3 is 0 Å². The highest BCUT2D eigenvalue weighted by Gasteiger charge is 2.15. The molecule has 3 heteroatoms. The maximum absolute atomic E-state index is 8.78. The summed E-state index contributed by atoms with van der Waals surface area (Å²) in [5, 5.41) is 11.9. The average molecular weight is 160 g/mol. The van der Waals surface area contributed by atoms with Gasteiger partial charge in [-0.25, -0.2) is 0 Å². The zero-order chi connectivity index (χ0) is 8.85. The quantitative estimate of drug-likeness (QED) is 0.528. The third-order valence-electron chi connectivity index (χ3n) is 1.82. The lowest BCUT2D eigenvalue weighted by Gasteiger charge is -2.23. The molecule has 0 radical (unpaired) electrons. The normalized spacial score (nSPS) is 16.9. The van der Waals surface area contributed by atoms with Gasteiger partial charge in [0.05, 0.1) is 6.61 Å². The molecule has 0 saturated carbocycles. The SMILES string of the molecule is CNC(CC(C)C)C(N)CO. The van der Waals surface area contributed by atoms with E-state index < -0.39 is 0 Å². The van der Waals surface area contributed by atoms with Crippen LogP contribution >= 0.6 is 0 Å². The van der Waals surface area contributed by atoms with E-state index >= 15 is 0 Å². The molecular formula is C8H20N2O. The number of aliphatic hydroxyl groups is 1. The Morgan fingerprint density at radius 1 is 1.45 bits per heavy atom. The first kappa shape index (κ1) is 10.9. The van der Waals surface area contributed by atoms with E-state index in [0.717, 1.165) is 6.42 Å². The second-order valence-corrected chi connectivity index (χ2v) is 3.37. The Morgan fingerprint density at radius 3 is 2.27 bits per heavy atom. The fourth-order valence-electron chi connectivity index (χ4n) is 1.14. The van der Waals surface area contributed by atoms with Gasteiger partial charge in [-0.15, -0.1) is 0 Å². The van der Waals surface area contributed by atoms with Crippen LogP contribution in [0.1, 0.15) is 20.3 Å². The Balaban J connectivity index is 3.74. The first-order chi connectivity index (χ1) is 5.11. The van der Waals surface area contributed by atoms with Gasteiger partial charge in [0, 0.05) is 12.1 Å². The molecule has 0 bridgehead atoms. The van der Waals surface area contributed by atoms with Crippen molar-refractivity contribution in [3.05, 3.63) is 0 Å². The standard InChI is InChI=1S/C8H20N2O/c1-6(2)4-8(10-3)7(9)5-11/h6-8,10-11H,4-5,9H2,1-3H3. The molecular weight excluding hydrogens is 140 g/mol. The van der Waals surface area contributed by atoms with Crippen LogP contribution in [0.3, 0.4) is 0 Å². The lowest BCUT2D eigenvalue weighted by atomic mass is 9.99. The van der Waals surface area contributed by atoms with Crippen molar-refractivity contribution in [1.29, 1.82) is 0 Å². The summed E-state index contributed by atoms with van der Waals surface area (Å²) in [7, 11) is 1.88. The van der Waals surface area contributed by atoms with Crippen molar-refractivity contribution < 1.29 is 5.11 Å². The van der Waals surface area contributed by atoms with Crippen molar-refractivity contribution >= 4 is 0 Å². The highest BCUT2D eigenvalue weighted by atomic mass is 16.3. The van der Waals surface area contributed by atoms with Crippen molar-refractivity contribution in [2.24, 2.45) is 11.7 Å². The van der Waals surface area contributed by atoms with Crippen molar-refractivity contribution in [2.75, 3.05) is 13.7 Å². The minimum absolute atomic E-state index is 0.0538. The smallest absolute Gasteiger partial charge is 0.0597 e. The van der Waals surface area contributed by atoms with Gasteiger partial charge in [0.2, 0.25) is 0 Å². The van der Waals surface area contributed by atoms with Crippen molar-refractivity contribution in [1.82, 2.24) is 5.32 Å². The highest BCUT2D eigenvalue weighted by Crippen LogP contribution is 2.06. The van der Waals surface area contributed by atoms with E-state index in [0.29, 0.717) is 5.92 Å². The molecule has 0 amide bonds. The Bertz CT molecular complexity index is 96.1. The molecule has 0 saturated heterocycles. The van der Waals surface area contributed by atoms with Crippen LogP contribution in [0, 0.1) is 5.92 Å². The molecule has 0 rings (SSSR count). The molecule has 0 heterocycles. The number of hydrogen-bond acceptors (Lipinski definition) is 3. The molecule has 4 N–H and O–H groups in total. The predicted octanol–water partition coefficient (Wildman–Crippen LogP) is -0.0599. The number of rotatable bonds is 5. The summed E-state index contributed by atoms with van der Waals surface area (Å²) in [6.07, 6.45) is 1.01. The molecule has 3 nitrogen and oxygen atoms in total. The zero-order valence-corrected chi connectivity index (χ0v) is 7.67. The first-order valence-electron chi connectivity index (χ1n) is 4.15. The van der Waals surface area contributed by atoms with Gasteiger partial charge in [-0.2, -0.15) is 0 Å². The minimum Gasteiger partial charge on any atom is -0.395 e. The third kappa shape index (κ3) is 4.35. The van der Waals surface area contributed by atoms with Crippen LogP contribution in [-0.4, -0.2) is 30.8 Å². The van der Waals surface area contributed by atoms with Crippen molar-refractivity contribution in [3.8, 4) is 0 Å². The van der Waals surface area contributed by atoms with Crippen molar-refractivity contribution in [2.45, 2.75) is 32.4 Å². The van der Waals surface area contributed by atoms with Gasteiger partial charge in [0.25, 0.3) is 0 Å². The molecule has 11 heavy (non-hydrogen) atoms. The van der Waals surface area contributed by atoms with E-state index in [2.05, 4.69) is 19.2 Å². The second-order valence-electron chi connectivity index (χ2n) is 3.37. The molecule has 0 aliphatic heterocycles. The van der Waals surface area contributed by atoms with Gasteiger partial charge in [0.15, 0.2) is 0 Å². The summed E-state index contributed by atoms with van der Waals surface area (Å²) in [4.78, 5) is 0. The maximum atomic E-state index is 8.78. The Morgan fingerprint density at radius 2 is 2.00 bits per heavy atom. The Hall–Kier alpha value is -0.120. The van der Waals surface area contributed by atoms with Gasteiger partial charge < -0.3 is 16.2 Å². The van der Waals surface area contributed by atoms with Crippen LogP contribution < -0.4 is 11.1 Å². The minimum atomic E-state index is -0.137. The van der Waals surface area contributed by atoms with Gasteiger partial charge in [-0.05, 0) is 19.4 Å². The summed E-state index contributed by atoms with van der Waals surface area (Å²) < 4.78 is 0. The second kappa shape index (κ2) is 5.52. The van der Waals surface area contributed by atoms with E-state index in [9.17, 15) is 0 Å². The van der Waals surface area contributed by atoms with E-state index in [4.69, 9.17) is 10.8 Å². The van der Waals surface area contributed by atoms with E-state index in [1.807, 2.05) is 7.05 Å². The number of hydrogen-bond donors (Lipinski definition) is 3. The van der Waals surface area contributed by atoms with Gasteiger partial charge in [0.1, 0.15) is 0 Å². The molecule has 0 spiro atoms. The predicted molar refractivity (Wildman–Crippen MR) is 47.4 cm³/mol. The summed E-state index contributed by atoms with van der Waals surface area (Å²) in [5.74, 6) is 0.616. The van der Waals surface area contributed by atoms with Crippen LogP contribution in [0.2, 0.25) is 0 Å². The van der Waals surface area contributed by atoms with Crippen LogP contribution in [0.4, 0.5) is 0 Å². The molecule has 0 aromatic heterocycles. The highest BCUT2D eigenvalue weighted by molar-refractivity contribution is 4.78. The lowest BCUT2D eigenvalue weighted by molar-refractivity contribution is 0.228. The number of nitrogens with two attached hydrogens (primary N) is 1. The van der Waals surface area contributed by atoms with Crippen molar-refractivity contribution in [3.63, 3.8) is 0 Å². The average Bonchev–Trinajstić information content (AvgIpc) is 1.98. The van der Waals surface area contributed by atoms with Crippen LogP contribution in [-0.2, 0) is 0 Å². The third-order valence-corrected chi connectivity index (χ3v) is 1.82. The van der Waals surface area contributed by atoms with E-state index in [1.54, 1.807) is 0 Å². The summed E-state index contributed by atoms with van der Waals surface area (Å²) >= 11 is 0. The molecule has 2 unspecified atom stereocenters. The maximum Gasteiger partial charge on any atom is 0.0597 e. The topological polar surface area (TPSA) is 58.3 Å². The Kier molecular flexibility index (Phi) is 5.46. The molecule has 0 aromatic carbocycles. The fourth-order valence-corrected chi connectivity index (χ4v) is 1.14. The number of aliphatic hydroxyl groups excluding tert-OH is 1. The number of nitrogens with one attached hydrogen (secondary N) is 1. The number of likely N-dealkylation sites (N-methyl/N-ethyl adjacent to an activating group) is 1. The molecule has 0 fully saturated rings. The lowest BCUT2D eigenvalue weighted by Crippen LogP contribution is -2.46. The van der Waals surface area contributed by atoms with Gasteiger partial charge in [-0.3, -0.25) is 0 Å². The first-order valence-corrected chi connectivity index (χ1v) is 4.15. The molecule has 0 aliphatic rings. The zero-order valence-electron chi connectivity index (χ0n) is 7.67. The molecule has 2 atom stereocenters. The fraction of sp³-hybridized carbons (Fsp3) is 1.00. The largest absolute Gasteiger partial charge is 0.395 e. The monoisotopic (exact) mass is 160 g/mol. The molecule has 0 aromatic rings. The molecule has 0 aliphatic carbocycles. The Labute approximate surface area is 69.0 Å². The van der Waals surface area contributed by atoms with Gasteiger partial charge in [-0.1, -0.05) is 13.8 Å². The summed E-state index contributed by atoms with van der Waals surface area (Å²) in [6, 6.07) is 0.0994. The van der Waals surface area contributed by atoms with Crippen LogP contribution in [0.25, 0.3) is 0 Å².